The molecule has 2 rings (SSSR count). The zero-order valence-corrected chi connectivity index (χ0v) is 9.59. The van der Waals surface area contributed by atoms with Gasteiger partial charge in [-0.2, -0.15) is 10.5 Å². The van der Waals surface area contributed by atoms with Crippen molar-refractivity contribution in [1.29, 1.82) is 10.5 Å². The van der Waals surface area contributed by atoms with E-state index in [0.717, 1.165) is 11.1 Å². The van der Waals surface area contributed by atoms with Crippen LogP contribution in [0.25, 0.3) is 11.1 Å². The summed E-state index contributed by atoms with van der Waals surface area (Å²) in [6, 6.07) is 16.6. The predicted molar refractivity (Wildman–Crippen MR) is 67.2 cm³/mol. The summed E-state index contributed by atoms with van der Waals surface area (Å²) in [4.78, 5) is 0. The highest BCUT2D eigenvalue weighted by Gasteiger charge is 2.09. The zero-order chi connectivity index (χ0) is 13.0. The first-order valence-electron chi connectivity index (χ1n) is 5.43. The van der Waals surface area contributed by atoms with Gasteiger partial charge in [-0.1, -0.05) is 30.3 Å². The smallest absolute Gasteiger partial charge is 0.101 e. The van der Waals surface area contributed by atoms with Gasteiger partial charge in [-0.15, -0.1) is 0 Å². The molecule has 18 heavy (non-hydrogen) atoms. The van der Waals surface area contributed by atoms with Gasteiger partial charge >= 0.3 is 0 Å². The van der Waals surface area contributed by atoms with Gasteiger partial charge in [-0.3, -0.25) is 0 Å². The average Bonchev–Trinajstić information content (AvgIpc) is 2.46. The molecule has 0 saturated carbocycles. The average molecular weight is 234 g/mol. The summed E-state index contributed by atoms with van der Waals surface area (Å²) in [5, 5.41) is 27.3. The minimum absolute atomic E-state index is 0.0479. The Morgan fingerprint density at radius 3 is 2.44 bits per heavy atom. The number of nitriles is 2. The largest absolute Gasteiger partial charge is 0.392 e. The fourth-order valence-corrected chi connectivity index (χ4v) is 1.84. The lowest BCUT2D eigenvalue weighted by atomic mass is 9.95. The zero-order valence-electron chi connectivity index (χ0n) is 9.59. The van der Waals surface area contributed by atoms with Crippen LogP contribution < -0.4 is 0 Å². The highest BCUT2D eigenvalue weighted by atomic mass is 16.3. The van der Waals surface area contributed by atoms with Gasteiger partial charge in [0.05, 0.1) is 17.7 Å². The van der Waals surface area contributed by atoms with Gasteiger partial charge < -0.3 is 5.11 Å². The number of rotatable bonds is 2. The normalized spacial score (nSPS) is 9.50. The molecule has 0 spiro atoms. The second-order valence-corrected chi connectivity index (χ2v) is 3.81. The van der Waals surface area contributed by atoms with E-state index < -0.39 is 0 Å². The lowest BCUT2D eigenvalue weighted by Gasteiger charge is -2.06. The van der Waals surface area contributed by atoms with Crippen LogP contribution in [0.2, 0.25) is 0 Å². The summed E-state index contributed by atoms with van der Waals surface area (Å²) in [6.45, 7) is -0.0479. The Morgan fingerprint density at radius 2 is 1.78 bits per heavy atom. The van der Waals surface area contributed by atoms with Crippen LogP contribution in [0, 0.1) is 22.7 Å². The van der Waals surface area contributed by atoms with Crippen molar-refractivity contribution >= 4 is 0 Å². The number of aliphatic hydroxyl groups is 1. The number of nitrogens with zero attached hydrogens (tertiary/aromatic N) is 2. The maximum absolute atomic E-state index is 9.17. The Balaban J connectivity index is 2.65. The lowest BCUT2D eigenvalue weighted by molar-refractivity contribution is 0.282. The Morgan fingerprint density at radius 1 is 1.00 bits per heavy atom. The molecule has 0 saturated heterocycles. The summed E-state index contributed by atoms with van der Waals surface area (Å²) in [6.07, 6.45) is 0. The first-order valence-corrected chi connectivity index (χ1v) is 5.43. The Labute approximate surface area is 105 Å². The van der Waals surface area contributed by atoms with E-state index in [1.165, 1.54) is 0 Å². The molecule has 0 heterocycles. The van der Waals surface area contributed by atoms with Crippen LogP contribution in [0.15, 0.2) is 42.5 Å². The number of hydrogen-bond acceptors (Lipinski definition) is 3. The summed E-state index contributed by atoms with van der Waals surface area (Å²) in [5.74, 6) is 0. The van der Waals surface area contributed by atoms with Gasteiger partial charge in [-0.05, 0) is 23.3 Å². The van der Waals surface area contributed by atoms with Gasteiger partial charge in [0, 0.05) is 5.56 Å². The summed E-state index contributed by atoms with van der Waals surface area (Å²) in [5.41, 5.74) is 3.06. The Bertz CT molecular complexity index is 663. The number of benzene rings is 2. The van der Waals surface area contributed by atoms with Gasteiger partial charge in [0.2, 0.25) is 0 Å². The molecule has 3 nitrogen and oxygen atoms in total. The summed E-state index contributed by atoms with van der Waals surface area (Å²) in [7, 11) is 0. The molecule has 2 aromatic rings. The molecule has 1 N–H and O–H groups in total. The molecule has 0 aliphatic rings. The van der Waals surface area contributed by atoms with Crippen molar-refractivity contribution < 1.29 is 5.11 Å². The molecule has 3 heteroatoms. The van der Waals surface area contributed by atoms with E-state index in [2.05, 4.69) is 6.07 Å². The highest BCUT2D eigenvalue weighted by Crippen LogP contribution is 2.26. The molecule has 0 amide bonds. The molecule has 0 aliphatic heterocycles. The predicted octanol–water partition coefficient (Wildman–Crippen LogP) is 2.59. The molecule has 86 valence electrons. The fourth-order valence-electron chi connectivity index (χ4n) is 1.84. The van der Waals surface area contributed by atoms with Crippen LogP contribution in [0.5, 0.6) is 0 Å². The van der Waals surface area contributed by atoms with Crippen molar-refractivity contribution in [2.24, 2.45) is 0 Å². The van der Waals surface area contributed by atoms with E-state index in [-0.39, 0.29) is 6.61 Å². The third kappa shape index (κ3) is 2.08. The Hall–Kier alpha value is -2.62. The quantitative estimate of drug-likeness (QED) is 0.868. The monoisotopic (exact) mass is 234 g/mol. The van der Waals surface area contributed by atoms with E-state index >= 15 is 0 Å². The Kier molecular flexibility index (Phi) is 3.38. The molecule has 0 aliphatic carbocycles. The highest BCUT2D eigenvalue weighted by molar-refractivity contribution is 5.74. The second kappa shape index (κ2) is 5.14. The standard InChI is InChI=1S/C15H10N2O/c16-8-13-5-2-6-14(15(13)9-17)12-4-1-3-11(7-12)10-18/h1-7,18H,10H2. The van der Waals surface area contributed by atoms with Crippen molar-refractivity contribution in [1.82, 2.24) is 0 Å². The van der Waals surface area contributed by atoms with Crippen molar-refractivity contribution in [2.75, 3.05) is 0 Å². The first-order chi connectivity index (χ1) is 8.80. The first kappa shape index (κ1) is 11.9. The molecule has 0 unspecified atom stereocenters. The molecular formula is C15H10N2O. The molecule has 0 atom stereocenters. The minimum atomic E-state index is -0.0479. The molecule has 2 aromatic carbocycles. The van der Waals surface area contributed by atoms with Crippen molar-refractivity contribution in [3.8, 4) is 23.3 Å². The minimum Gasteiger partial charge on any atom is -0.392 e. The molecule has 0 fully saturated rings. The molecule has 0 radical (unpaired) electrons. The fraction of sp³-hybridized carbons (Fsp3) is 0.0667. The van der Waals surface area contributed by atoms with Crippen LogP contribution in [-0.2, 0) is 6.61 Å². The van der Waals surface area contributed by atoms with Gasteiger partial charge in [0.1, 0.15) is 12.1 Å². The molecular weight excluding hydrogens is 224 g/mol. The van der Waals surface area contributed by atoms with Crippen molar-refractivity contribution in [2.45, 2.75) is 6.61 Å². The lowest BCUT2D eigenvalue weighted by Crippen LogP contribution is -1.90. The molecule has 0 aromatic heterocycles. The van der Waals surface area contributed by atoms with E-state index in [0.29, 0.717) is 16.7 Å². The molecule has 0 bridgehead atoms. The third-order valence-corrected chi connectivity index (χ3v) is 2.72. The number of aliphatic hydroxyl groups excluding tert-OH is 1. The van der Waals surface area contributed by atoms with Gasteiger partial charge in [0.15, 0.2) is 0 Å². The van der Waals surface area contributed by atoms with Gasteiger partial charge in [0.25, 0.3) is 0 Å². The van der Waals surface area contributed by atoms with E-state index in [1.54, 1.807) is 18.2 Å². The SMILES string of the molecule is N#Cc1cccc(-c2cccc(CO)c2)c1C#N. The maximum Gasteiger partial charge on any atom is 0.101 e. The van der Waals surface area contributed by atoms with Crippen LogP contribution in [0.1, 0.15) is 16.7 Å². The third-order valence-electron chi connectivity index (χ3n) is 2.72. The second-order valence-electron chi connectivity index (χ2n) is 3.81. The van der Waals surface area contributed by atoms with E-state index in [1.807, 2.05) is 30.3 Å². The van der Waals surface area contributed by atoms with Crippen molar-refractivity contribution in [3.05, 3.63) is 59.2 Å². The van der Waals surface area contributed by atoms with Crippen molar-refractivity contribution in [3.63, 3.8) is 0 Å². The maximum atomic E-state index is 9.17. The topological polar surface area (TPSA) is 67.8 Å². The summed E-state index contributed by atoms with van der Waals surface area (Å²) < 4.78 is 0. The van der Waals surface area contributed by atoms with Crippen LogP contribution in [0.3, 0.4) is 0 Å². The van der Waals surface area contributed by atoms with E-state index in [9.17, 15) is 0 Å². The van der Waals surface area contributed by atoms with Gasteiger partial charge in [-0.25, -0.2) is 0 Å². The van der Waals surface area contributed by atoms with Crippen LogP contribution in [-0.4, -0.2) is 5.11 Å². The summed E-state index contributed by atoms with van der Waals surface area (Å²) >= 11 is 0. The number of hydrogen-bond donors (Lipinski definition) is 1. The van der Waals surface area contributed by atoms with Crippen LogP contribution in [0.4, 0.5) is 0 Å². The van der Waals surface area contributed by atoms with Crippen LogP contribution >= 0.6 is 0 Å². The van der Waals surface area contributed by atoms with E-state index in [4.69, 9.17) is 15.6 Å².